The van der Waals surface area contributed by atoms with Crippen LogP contribution in [0.25, 0.3) is 21.7 Å². The fraction of sp³-hybridized carbons (Fsp3) is 0.397. The zero-order chi connectivity index (χ0) is 76.7. The maximum atomic E-state index is 15.6. The van der Waals surface area contributed by atoms with Crippen molar-refractivity contribution in [3.05, 3.63) is 150 Å². The molecule has 10 atom stereocenters. The van der Waals surface area contributed by atoms with Gasteiger partial charge in [0.15, 0.2) is 18.1 Å². The highest BCUT2D eigenvalue weighted by Crippen LogP contribution is 2.24. The van der Waals surface area contributed by atoms with Crippen LogP contribution >= 0.6 is 0 Å². The Labute approximate surface area is 610 Å². The Bertz CT molecular complexity index is 4210. The van der Waals surface area contributed by atoms with Gasteiger partial charge in [-0.2, -0.15) is 0 Å². The second-order valence-corrected chi connectivity index (χ2v) is 26.7. The first-order chi connectivity index (χ1) is 50.6. The summed E-state index contributed by atoms with van der Waals surface area (Å²) < 4.78 is 14.5. The van der Waals surface area contributed by atoms with Crippen molar-refractivity contribution in [3.8, 4) is 5.75 Å². The first kappa shape index (κ1) is 79.5. The molecule has 32 nitrogen and oxygen atoms in total. The molecule has 8 rings (SSSR count). The topological polar surface area (TPSA) is 514 Å². The molecular weight excluding hydrogens is 1370 g/mol. The standard InChI is InChI=1S/C73H92FN19O13/c1-39(2)31-53-64(99)85-52(16-9-29-81-73(78)79)71(106)93-30-10-17-59(93)70(105)92-62(61(75)97)91-60(96)37-58(69(104)88-55(34-42-21-26-48(95)27-22-42)66(101)84-51(63(98)86-53)15-8-28-80-72(76)77)90-68(103)57(36-46-38-82-50-14-7-6-13-49(46)50)89-67(102)56(33-41-19-24-47(74)25-20-41)87-65(100)54(83-40(3)94)35-43-18-23-44-11-4-5-12-45(44)32-43/h4-7,11-14,18-27,32,38-39,51-59,62,82,95H,8-10,15-17,28-31,33-37H2,1-3H3,(H2,75,97)(H,83,94)(H,84,101)(H,85,99)(H,86,98)(H,87,100)(H,88,104)(H,89,102)(H,90,103)(H,91,96)(H,92,105)(H4,76,77,80)(H4,78,79,81)/t51-,52+,53+,54-,55+,56-,57-,58+,59+,62?/m1/s1. The molecule has 6 aromatic rings. The molecule has 33 heteroatoms. The van der Waals surface area contributed by atoms with E-state index in [0.29, 0.717) is 33.2 Å². The van der Waals surface area contributed by atoms with E-state index in [1.165, 1.54) is 48.2 Å². The molecule has 0 bridgehead atoms. The number of rotatable bonds is 26. The Morgan fingerprint density at radius 3 is 1.81 bits per heavy atom. The minimum absolute atomic E-state index is 0.00746. The highest BCUT2D eigenvalue weighted by atomic mass is 19.1. The van der Waals surface area contributed by atoms with Crippen molar-refractivity contribution in [2.24, 2.45) is 23.1 Å². The van der Waals surface area contributed by atoms with Crippen molar-refractivity contribution < 1.29 is 67.0 Å². The van der Waals surface area contributed by atoms with E-state index in [4.69, 9.17) is 28.0 Å². The van der Waals surface area contributed by atoms with Crippen LogP contribution in [0.5, 0.6) is 5.75 Å². The number of amides is 12. The number of phenols is 1. The van der Waals surface area contributed by atoms with Gasteiger partial charge in [-0.25, -0.2) is 4.39 Å². The summed E-state index contributed by atoms with van der Waals surface area (Å²) in [5.41, 5.74) is 19.3. The number of hydrogen-bond donors (Lipinski definition) is 19. The third-order valence-corrected chi connectivity index (χ3v) is 18.0. The summed E-state index contributed by atoms with van der Waals surface area (Å²) in [4.78, 5) is 180. The summed E-state index contributed by atoms with van der Waals surface area (Å²) in [6, 6.07) is 16.2. The summed E-state index contributed by atoms with van der Waals surface area (Å²) in [5, 5.41) is 59.4. The van der Waals surface area contributed by atoms with Gasteiger partial charge in [-0.15, -0.1) is 0 Å². The van der Waals surface area contributed by atoms with Crippen molar-refractivity contribution >= 4 is 104 Å². The molecule has 3 heterocycles. The molecular formula is C73H92FN19O13. The highest BCUT2D eigenvalue weighted by molar-refractivity contribution is 6.01. The van der Waals surface area contributed by atoms with Gasteiger partial charge in [0.25, 0.3) is 5.91 Å². The monoisotopic (exact) mass is 1460 g/mol. The second-order valence-electron chi connectivity index (χ2n) is 26.7. The molecule has 564 valence electrons. The number of phenolic OH excluding ortho intramolecular Hbond substituents is 1. The van der Waals surface area contributed by atoms with Gasteiger partial charge >= 0.3 is 0 Å². The lowest BCUT2D eigenvalue weighted by molar-refractivity contribution is -0.143. The van der Waals surface area contributed by atoms with E-state index in [-0.39, 0.29) is 101 Å². The minimum atomic E-state index is -2.12. The molecule has 0 aliphatic carbocycles. The molecule has 12 amide bonds. The maximum absolute atomic E-state index is 15.6. The van der Waals surface area contributed by atoms with Crippen LogP contribution in [0.4, 0.5) is 4.39 Å². The first-order valence-electron chi connectivity index (χ1n) is 34.9. The number of primary amides is 1. The number of aromatic nitrogens is 1. The molecule has 106 heavy (non-hydrogen) atoms. The molecule has 1 aromatic heterocycles. The lowest BCUT2D eigenvalue weighted by atomic mass is 9.99. The molecule has 5 aromatic carbocycles. The summed E-state index contributed by atoms with van der Waals surface area (Å²) in [6.07, 6.45) is -2.65. The van der Waals surface area contributed by atoms with E-state index in [1.807, 2.05) is 36.4 Å². The number of aromatic hydroxyl groups is 1. The van der Waals surface area contributed by atoms with E-state index >= 15 is 19.2 Å². The summed E-state index contributed by atoms with van der Waals surface area (Å²) in [7, 11) is 0. The van der Waals surface area contributed by atoms with Gasteiger partial charge in [0, 0.05) is 69.3 Å². The predicted molar refractivity (Wildman–Crippen MR) is 389 cm³/mol. The number of carbonyl (C=O) groups is 12. The maximum Gasteiger partial charge on any atom is 0.260 e. The molecule has 2 aliphatic rings. The van der Waals surface area contributed by atoms with Crippen LogP contribution in [0.3, 0.4) is 0 Å². The third-order valence-electron chi connectivity index (χ3n) is 18.0. The van der Waals surface area contributed by atoms with E-state index < -0.39 is 156 Å². The number of halogens is 1. The van der Waals surface area contributed by atoms with Gasteiger partial charge in [0.1, 0.15) is 65.9 Å². The number of carbonyl (C=O) groups excluding carboxylic acids is 12. The van der Waals surface area contributed by atoms with Crippen molar-refractivity contribution in [1.82, 2.24) is 73.7 Å². The largest absolute Gasteiger partial charge is 0.508 e. The van der Waals surface area contributed by atoms with Crippen molar-refractivity contribution in [2.75, 3.05) is 19.6 Å². The fourth-order valence-corrected chi connectivity index (χ4v) is 12.7. The lowest BCUT2D eigenvalue weighted by Crippen LogP contribution is -2.63. The average molecular weight is 1460 g/mol. The Hall–Kier alpha value is -12.2. The Kier molecular flexibility index (Phi) is 28.4. The molecule has 1 unspecified atom stereocenters. The molecule has 2 aliphatic heterocycles. The molecule has 22 N–H and O–H groups in total. The smallest absolute Gasteiger partial charge is 0.260 e. The molecule has 2 fully saturated rings. The zero-order valence-corrected chi connectivity index (χ0v) is 58.9. The molecule has 2 saturated heterocycles. The number of benzene rings is 5. The van der Waals surface area contributed by atoms with Crippen molar-refractivity contribution in [2.45, 2.75) is 158 Å². The number of nitrogens with two attached hydrogens (primary N) is 3. The normalized spacial score (nSPS) is 20.1. The Balaban J connectivity index is 1.19. The van der Waals surface area contributed by atoms with Gasteiger partial charge < -0.3 is 96.0 Å². The van der Waals surface area contributed by atoms with Crippen molar-refractivity contribution in [3.63, 3.8) is 0 Å². The third kappa shape index (κ3) is 23.4. The molecule has 0 radical (unpaired) electrons. The van der Waals surface area contributed by atoms with Crippen LogP contribution in [-0.4, -0.2) is 178 Å². The number of para-hydroxylation sites is 1. The number of nitrogens with zero attached hydrogens (tertiary/aromatic N) is 1. The fourth-order valence-electron chi connectivity index (χ4n) is 12.7. The van der Waals surface area contributed by atoms with Crippen molar-refractivity contribution in [1.29, 1.82) is 10.8 Å². The lowest BCUT2D eigenvalue weighted by Gasteiger charge is -2.31. The van der Waals surface area contributed by atoms with E-state index in [0.717, 1.165) is 22.9 Å². The van der Waals surface area contributed by atoms with E-state index in [1.54, 1.807) is 50.4 Å². The van der Waals surface area contributed by atoms with Gasteiger partial charge in [-0.3, -0.25) is 68.4 Å². The first-order valence-corrected chi connectivity index (χ1v) is 34.9. The Morgan fingerprint density at radius 2 is 1.16 bits per heavy atom. The number of hydrogen-bond acceptors (Lipinski definition) is 15. The van der Waals surface area contributed by atoms with Crippen LogP contribution < -0.4 is 81.0 Å². The molecule has 0 spiro atoms. The number of H-pyrrole nitrogens is 1. The van der Waals surface area contributed by atoms with E-state index in [2.05, 4.69) is 68.8 Å². The Morgan fingerprint density at radius 1 is 0.604 bits per heavy atom. The number of guanidine groups is 2. The van der Waals surface area contributed by atoms with Crippen LogP contribution in [0.15, 0.2) is 121 Å². The summed E-state index contributed by atoms with van der Waals surface area (Å²) in [6.45, 7) is 4.79. The van der Waals surface area contributed by atoms with E-state index in [9.17, 15) is 47.9 Å². The van der Waals surface area contributed by atoms with Crippen LogP contribution in [-0.2, 0) is 83.2 Å². The number of fused-ring (bicyclic) bond motifs is 3. The predicted octanol–water partition coefficient (Wildman–Crippen LogP) is -0.654. The SMILES string of the molecule is CC(=O)N[C@H](Cc1ccc2ccccc2c1)C(=O)N[C@H](Cc1ccc(F)cc1)C(=O)N[C@H](Cc1c[nH]c2ccccc12)C(=O)N[C@H]1CC(=O)NC(C(N)=O)NC(=O)[C@@H]2CCCN2C(=O)[C@H](CCCNC(=N)N)NC(=O)[C@H](CC(C)C)NC(=O)[C@@H](CCCNC(=N)N)NC(=O)[C@H](Cc2ccc(O)cc2)NC1=O. The zero-order valence-electron chi connectivity index (χ0n) is 58.9. The minimum Gasteiger partial charge on any atom is -0.508 e. The van der Waals surface area contributed by atoms with Gasteiger partial charge in [-0.05, 0) is 114 Å². The quantitative estimate of drug-likeness (QED) is 0.0182. The van der Waals surface area contributed by atoms with Gasteiger partial charge in [-0.1, -0.05) is 98.8 Å². The van der Waals surface area contributed by atoms with Gasteiger partial charge in [0.05, 0.1) is 6.42 Å². The molecule has 0 saturated carbocycles. The number of aromatic amines is 1. The second kappa shape index (κ2) is 37.8. The van der Waals surface area contributed by atoms with Crippen LogP contribution in [0.2, 0.25) is 0 Å². The average Bonchev–Trinajstić information content (AvgIpc) is 1.55. The number of nitrogens with one attached hydrogen (secondary N) is 15. The van der Waals surface area contributed by atoms with Gasteiger partial charge in [0.2, 0.25) is 65.0 Å². The summed E-state index contributed by atoms with van der Waals surface area (Å²) in [5.74, 6) is -13.9. The van der Waals surface area contributed by atoms with Crippen LogP contribution in [0.1, 0.15) is 94.4 Å². The summed E-state index contributed by atoms with van der Waals surface area (Å²) >= 11 is 0. The van der Waals surface area contributed by atoms with Crippen LogP contribution in [0, 0.1) is 22.6 Å². The highest BCUT2D eigenvalue weighted by Gasteiger charge is 2.42.